The van der Waals surface area contributed by atoms with Gasteiger partial charge in [0.25, 0.3) is 5.91 Å². The van der Waals surface area contributed by atoms with Gasteiger partial charge < -0.3 is 10.6 Å². The molecule has 1 aliphatic carbocycles. The van der Waals surface area contributed by atoms with Crippen LogP contribution in [0, 0.1) is 5.92 Å². The van der Waals surface area contributed by atoms with Crippen LogP contribution in [0.5, 0.6) is 0 Å². The molecule has 1 atom stereocenters. The topological polar surface area (TPSA) is 59.2 Å². The Balaban J connectivity index is 1.80. The van der Waals surface area contributed by atoms with Gasteiger partial charge in [-0.2, -0.15) is 0 Å². The van der Waals surface area contributed by atoms with Crippen LogP contribution >= 0.6 is 11.6 Å². The van der Waals surface area contributed by atoms with E-state index in [-0.39, 0.29) is 11.1 Å². The van der Waals surface area contributed by atoms with Crippen LogP contribution in [0.2, 0.25) is 5.15 Å². The lowest BCUT2D eigenvalue weighted by Gasteiger charge is -2.34. The molecular formula is C16H22ClN3O. The summed E-state index contributed by atoms with van der Waals surface area (Å²) in [6, 6.07) is 2.02. The average Bonchev–Trinajstić information content (AvgIpc) is 2.99. The van der Waals surface area contributed by atoms with Gasteiger partial charge in [0.2, 0.25) is 0 Å². The van der Waals surface area contributed by atoms with Gasteiger partial charge in [0.15, 0.2) is 0 Å². The van der Waals surface area contributed by atoms with E-state index in [2.05, 4.69) is 4.98 Å². The van der Waals surface area contributed by atoms with Gasteiger partial charge in [-0.15, -0.1) is 0 Å². The molecule has 1 unspecified atom stereocenters. The fraction of sp³-hybridized carbons (Fsp3) is 0.625. The van der Waals surface area contributed by atoms with Crippen molar-refractivity contribution in [3.8, 4) is 0 Å². The lowest BCUT2D eigenvalue weighted by Crippen LogP contribution is -2.41. The van der Waals surface area contributed by atoms with Gasteiger partial charge in [-0.25, -0.2) is 4.98 Å². The number of halogens is 1. The number of aromatic nitrogens is 1. The highest BCUT2D eigenvalue weighted by atomic mass is 35.5. The number of hydrogen-bond donors (Lipinski definition) is 1. The highest BCUT2D eigenvalue weighted by molar-refractivity contribution is 6.32. The summed E-state index contributed by atoms with van der Waals surface area (Å²) in [6.07, 6.45) is 10.1. The first kappa shape index (κ1) is 14.6. The fourth-order valence-corrected chi connectivity index (χ4v) is 4.01. The van der Waals surface area contributed by atoms with Crippen LogP contribution in [0.25, 0.3) is 0 Å². The maximum Gasteiger partial charge on any atom is 0.257 e. The van der Waals surface area contributed by atoms with E-state index in [0.717, 1.165) is 19.4 Å². The second-order valence-corrected chi connectivity index (χ2v) is 6.57. The quantitative estimate of drug-likeness (QED) is 0.851. The molecule has 2 heterocycles. The summed E-state index contributed by atoms with van der Waals surface area (Å²) in [5.74, 6) is 0.644. The minimum absolute atomic E-state index is 0.00660. The Morgan fingerprint density at radius 2 is 2.00 bits per heavy atom. The molecular weight excluding hydrogens is 286 g/mol. The van der Waals surface area contributed by atoms with E-state index in [1.165, 1.54) is 38.3 Å². The van der Waals surface area contributed by atoms with E-state index >= 15 is 0 Å². The normalized spacial score (nSPS) is 23.5. The Labute approximate surface area is 130 Å². The van der Waals surface area contributed by atoms with E-state index in [0.29, 0.717) is 23.2 Å². The maximum absolute atomic E-state index is 12.8. The van der Waals surface area contributed by atoms with Crippen molar-refractivity contribution >= 4 is 23.2 Å². The van der Waals surface area contributed by atoms with Crippen LogP contribution in [0.4, 0.5) is 5.69 Å². The highest BCUT2D eigenvalue weighted by Crippen LogP contribution is 2.35. The largest absolute Gasteiger partial charge is 0.397 e. The first-order valence-corrected chi connectivity index (χ1v) is 8.26. The Bertz CT molecular complexity index is 528. The van der Waals surface area contributed by atoms with Crippen LogP contribution in [-0.4, -0.2) is 28.4 Å². The lowest BCUT2D eigenvalue weighted by atomic mass is 9.83. The van der Waals surface area contributed by atoms with E-state index < -0.39 is 0 Å². The first-order valence-electron chi connectivity index (χ1n) is 7.89. The number of rotatable bonds is 2. The third-order valence-corrected chi connectivity index (χ3v) is 5.15. The molecule has 4 nitrogen and oxygen atoms in total. The SMILES string of the molecule is Nc1cnc(Cl)c(C(=O)N2CCCC2C2CCCCC2)c1. The predicted molar refractivity (Wildman–Crippen MR) is 84.3 cm³/mol. The van der Waals surface area contributed by atoms with Crippen molar-refractivity contribution < 1.29 is 4.79 Å². The fourth-order valence-electron chi connectivity index (χ4n) is 3.82. The number of likely N-dealkylation sites (tertiary alicyclic amines) is 1. The molecule has 1 amide bonds. The molecule has 0 radical (unpaired) electrons. The number of anilines is 1. The van der Waals surface area contributed by atoms with Crippen molar-refractivity contribution in [2.24, 2.45) is 5.92 Å². The number of nitrogen functional groups attached to an aromatic ring is 1. The number of nitrogens with zero attached hydrogens (tertiary/aromatic N) is 2. The van der Waals surface area contributed by atoms with Crippen molar-refractivity contribution in [2.75, 3.05) is 12.3 Å². The third kappa shape index (κ3) is 3.00. The molecule has 0 spiro atoms. The number of carbonyl (C=O) groups excluding carboxylic acids is 1. The zero-order valence-electron chi connectivity index (χ0n) is 12.2. The zero-order valence-corrected chi connectivity index (χ0v) is 13.0. The Hall–Kier alpha value is -1.29. The number of pyridine rings is 1. The smallest absolute Gasteiger partial charge is 0.257 e. The van der Waals surface area contributed by atoms with Gasteiger partial charge in [0.05, 0.1) is 17.4 Å². The monoisotopic (exact) mass is 307 g/mol. The minimum atomic E-state index is -0.00660. The van der Waals surface area contributed by atoms with Crippen molar-refractivity contribution in [3.63, 3.8) is 0 Å². The zero-order chi connectivity index (χ0) is 14.8. The van der Waals surface area contributed by atoms with Gasteiger partial charge in [-0.05, 0) is 37.7 Å². The Kier molecular flexibility index (Phi) is 4.34. The minimum Gasteiger partial charge on any atom is -0.397 e. The van der Waals surface area contributed by atoms with Crippen molar-refractivity contribution in [2.45, 2.75) is 51.0 Å². The molecule has 1 aliphatic heterocycles. The van der Waals surface area contributed by atoms with Gasteiger partial charge >= 0.3 is 0 Å². The molecule has 0 bridgehead atoms. The Morgan fingerprint density at radius 1 is 1.24 bits per heavy atom. The average molecular weight is 308 g/mol. The number of nitrogens with two attached hydrogens (primary N) is 1. The van der Waals surface area contributed by atoms with Crippen LogP contribution in [0.3, 0.4) is 0 Å². The number of carbonyl (C=O) groups is 1. The van der Waals surface area contributed by atoms with Crippen molar-refractivity contribution in [3.05, 3.63) is 23.0 Å². The van der Waals surface area contributed by atoms with E-state index in [1.54, 1.807) is 6.07 Å². The summed E-state index contributed by atoms with van der Waals surface area (Å²) in [4.78, 5) is 18.8. The maximum atomic E-state index is 12.8. The summed E-state index contributed by atoms with van der Waals surface area (Å²) < 4.78 is 0. The van der Waals surface area contributed by atoms with E-state index in [1.807, 2.05) is 4.90 Å². The van der Waals surface area contributed by atoms with Crippen LogP contribution < -0.4 is 5.73 Å². The second kappa shape index (κ2) is 6.22. The van der Waals surface area contributed by atoms with Crippen LogP contribution in [0.15, 0.2) is 12.3 Å². The molecule has 2 fully saturated rings. The molecule has 1 aromatic rings. The molecule has 5 heteroatoms. The third-order valence-electron chi connectivity index (χ3n) is 4.84. The van der Waals surface area contributed by atoms with Crippen molar-refractivity contribution in [1.82, 2.24) is 9.88 Å². The summed E-state index contributed by atoms with van der Waals surface area (Å²) in [6.45, 7) is 0.825. The first-order chi connectivity index (χ1) is 10.2. The van der Waals surface area contributed by atoms with Crippen LogP contribution in [0.1, 0.15) is 55.3 Å². The summed E-state index contributed by atoms with van der Waals surface area (Å²) in [5.41, 5.74) is 6.68. The van der Waals surface area contributed by atoms with Gasteiger partial charge in [-0.3, -0.25) is 4.79 Å². The molecule has 2 aliphatic rings. The molecule has 1 saturated carbocycles. The van der Waals surface area contributed by atoms with E-state index in [9.17, 15) is 4.79 Å². The highest BCUT2D eigenvalue weighted by Gasteiger charge is 2.36. The number of amides is 1. The van der Waals surface area contributed by atoms with Gasteiger partial charge in [0, 0.05) is 12.6 Å². The lowest BCUT2D eigenvalue weighted by molar-refractivity contribution is 0.0661. The number of hydrogen-bond acceptors (Lipinski definition) is 3. The molecule has 114 valence electrons. The second-order valence-electron chi connectivity index (χ2n) is 6.21. The van der Waals surface area contributed by atoms with Crippen molar-refractivity contribution in [1.29, 1.82) is 0 Å². The van der Waals surface area contributed by atoms with Gasteiger partial charge in [0.1, 0.15) is 5.15 Å². The van der Waals surface area contributed by atoms with E-state index in [4.69, 9.17) is 17.3 Å². The summed E-state index contributed by atoms with van der Waals surface area (Å²) in [7, 11) is 0. The molecule has 0 aromatic carbocycles. The molecule has 1 saturated heterocycles. The molecule has 2 N–H and O–H groups in total. The standard InChI is InChI=1S/C16H22ClN3O/c17-15-13(9-12(18)10-19-15)16(21)20-8-4-7-14(20)11-5-2-1-3-6-11/h9-11,14H,1-8,18H2. The molecule has 3 rings (SSSR count). The molecule has 21 heavy (non-hydrogen) atoms. The predicted octanol–water partition coefficient (Wildman–Crippen LogP) is 3.50. The summed E-state index contributed by atoms with van der Waals surface area (Å²) >= 11 is 6.09. The molecule has 1 aromatic heterocycles. The summed E-state index contributed by atoms with van der Waals surface area (Å²) in [5, 5.41) is 0.253. The van der Waals surface area contributed by atoms with Crippen LogP contribution in [-0.2, 0) is 0 Å². The Morgan fingerprint density at radius 3 is 2.76 bits per heavy atom. The van der Waals surface area contributed by atoms with Gasteiger partial charge in [-0.1, -0.05) is 30.9 Å².